The van der Waals surface area contributed by atoms with Crippen molar-refractivity contribution in [3.05, 3.63) is 58.1 Å². The molecule has 2 rings (SSSR count). The number of aryl methyl sites for hydroxylation is 1. The highest BCUT2D eigenvalue weighted by atomic mass is 79.9. The van der Waals surface area contributed by atoms with E-state index in [1.165, 1.54) is 7.11 Å². The third-order valence-electron chi connectivity index (χ3n) is 3.47. The van der Waals surface area contributed by atoms with Crippen molar-refractivity contribution >= 4 is 39.4 Å². The number of amides is 2. The number of halogens is 1. The molecule has 0 aliphatic carbocycles. The highest BCUT2D eigenvalue weighted by molar-refractivity contribution is 9.10. The topological polar surface area (TPSA) is 93.7 Å². The maximum Gasteiger partial charge on any atom is 0.325 e. The van der Waals surface area contributed by atoms with Crippen LogP contribution in [0.3, 0.4) is 0 Å². The van der Waals surface area contributed by atoms with Crippen molar-refractivity contribution in [3.63, 3.8) is 0 Å². The molecule has 0 unspecified atom stereocenters. The van der Waals surface area contributed by atoms with E-state index >= 15 is 0 Å². The average molecular weight is 435 g/mol. The first-order valence-electron chi connectivity index (χ1n) is 8.03. The van der Waals surface area contributed by atoms with E-state index in [1.807, 2.05) is 13.0 Å². The Morgan fingerprint density at radius 3 is 2.59 bits per heavy atom. The van der Waals surface area contributed by atoms with Crippen molar-refractivity contribution in [1.29, 1.82) is 0 Å². The lowest BCUT2D eigenvalue weighted by molar-refractivity contribution is -0.146. The molecular formula is C19H19BrN2O5. The van der Waals surface area contributed by atoms with Crippen molar-refractivity contribution in [2.24, 2.45) is 0 Å². The molecule has 2 amide bonds. The minimum atomic E-state index is -0.718. The first kappa shape index (κ1) is 20.4. The molecule has 142 valence electrons. The first-order chi connectivity index (χ1) is 12.9. The number of hydrogen-bond donors (Lipinski definition) is 2. The largest absolute Gasteiger partial charge is 0.495 e. The van der Waals surface area contributed by atoms with Gasteiger partial charge in [0.15, 0.2) is 6.61 Å². The van der Waals surface area contributed by atoms with Crippen molar-refractivity contribution in [3.8, 4) is 5.75 Å². The van der Waals surface area contributed by atoms with Gasteiger partial charge in [-0.25, -0.2) is 0 Å². The average Bonchev–Trinajstić information content (AvgIpc) is 2.64. The fourth-order valence-electron chi connectivity index (χ4n) is 2.19. The molecule has 7 nitrogen and oxygen atoms in total. The standard InChI is InChI=1S/C19H19BrN2O5/c1-12-6-7-16(26-2)15(8-12)22-17(23)11-27-18(24)10-21-19(25)13-4-3-5-14(20)9-13/h3-9H,10-11H2,1-2H3,(H,21,25)(H,22,23). The van der Waals surface area contributed by atoms with Crippen LogP contribution in [0.25, 0.3) is 0 Å². The van der Waals surface area contributed by atoms with Crippen LogP contribution in [-0.2, 0) is 14.3 Å². The summed E-state index contributed by atoms with van der Waals surface area (Å²) in [5, 5.41) is 5.06. The van der Waals surface area contributed by atoms with E-state index in [0.29, 0.717) is 17.0 Å². The van der Waals surface area contributed by atoms with Crippen molar-refractivity contribution < 1.29 is 23.9 Å². The Morgan fingerprint density at radius 1 is 1.11 bits per heavy atom. The van der Waals surface area contributed by atoms with E-state index in [2.05, 4.69) is 26.6 Å². The number of anilines is 1. The summed E-state index contributed by atoms with van der Waals surface area (Å²) < 4.78 is 10.8. The van der Waals surface area contributed by atoms with Crippen LogP contribution in [0.5, 0.6) is 5.75 Å². The second-order valence-corrected chi connectivity index (χ2v) is 6.52. The maximum absolute atomic E-state index is 12.0. The molecular weight excluding hydrogens is 416 g/mol. The lowest BCUT2D eigenvalue weighted by atomic mass is 10.2. The van der Waals surface area contributed by atoms with E-state index in [0.717, 1.165) is 10.0 Å². The minimum absolute atomic E-state index is 0.341. The highest BCUT2D eigenvalue weighted by Crippen LogP contribution is 2.24. The summed E-state index contributed by atoms with van der Waals surface area (Å²) >= 11 is 3.27. The van der Waals surface area contributed by atoms with Gasteiger partial charge < -0.3 is 20.1 Å². The predicted molar refractivity (Wildman–Crippen MR) is 104 cm³/mol. The zero-order valence-electron chi connectivity index (χ0n) is 14.9. The Labute approximate surface area is 165 Å². The van der Waals surface area contributed by atoms with Crippen molar-refractivity contribution in [2.75, 3.05) is 25.6 Å². The van der Waals surface area contributed by atoms with Crippen LogP contribution in [0.1, 0.15) is 15.9 Å². The number of carbonyl (C=O) groups excluding carboxylic acids is 3. The summed E-state index contributed by atoms with van der Waals surface area (Å²) in [6, 6.07) is 12.1. The number of ether oxygens (including phenoxy) is 2. The predicted octanol–water partition coefficient (Wildman–Crippen LogP) is 2.68. The van der Waals surface area contributed by atoms with Crippen LogP contribution in [0.4, 0.5) is 5.69 Å². The molecule has 0 aliphatic heterocycles. The Morgan fingerprint density at radius 2 is 1.89 bits per heavy atom. The molecule has 2 aromatic carbocycles. The molecule has 8 heteroatoms. The van der Waals surface area contributed by atoms with Gasteiger partial charge in [0.1, 0.15) is 12.3 Å². The molecule has 0 radical (unpaired) electrons. The molecule has 0 aromatic heterocycles. The van der Waals surface area contributed by atoms with Crippen LogP contribution in [0.15, 0.2) is 46.9 Å². The zero-order valence-corrected chi connectivity index (χ0v) is 16.5. The van der Waals surface area contributed by atoms with E-state index < -0.39 is 24.4 Å². The van der Waals surface area contributed by atoms with E-state index in [1.54, 1.807) is 36.4 Å². The van der Waals surface area contributed by atoms with Gasteiger partial charge in [0, 0.05) is 10.0 Å². The zero-order chi connectivity index (χ0) is 19.8. The summed E-state index contributed by atoms with van der Waals surface area (Å²) in [7, 11) is 1.49. The number of hydrogen-bond acceptors (Lipinski definition) is 5. The molecule has 0 atom stereocenters. The van der Waals surface area contributed by atoms with Gasteiger partial charge in [-0.2, -0.15) is 0 Å². The lowest BCUT2D eigenvalue weighted by Gasteiger charge is -2.11. The van der Waals surface area contributed by atoms with Crippen LogP contribution in [0.2, 0.25) is 0 Å². The number of rotatable bonds is 7. The normalized spacial score (nSPS) is 10.0. The van der Waals surface area contributed by atoms with E-state index in [4.69, 9.17) is 9.47 Å². The Hall–Kier alpha value is -2.87. The van der Waals surface area contributed by atoms with Crippen molar-refractivity contribution in [2.45, 2.75) is 6.92 Å². The molecule has 0 bridgehead atoms. The summed E-state index contributed by atoms with van der Waals surface area (Å²) in [5.74, 6) is -1.14. The van der Waals surface area contributed by atoms with Crippen LogP contribution in [0, 0.1) is 6.92 Å². The van der Waals surface area contributed by atoms with Gasteiger partial charge in [-0.1, -0.05) is 28.1 Å². The van der Waals surface area contributed by atoms with Crippen molar-refractivity contribution in [1.82, 2.24) is 5.32 Å². The van der Waals surface area contributed by atoms with E-state index in [-0.39, 0.29) is 6.54 Å². The van der Waals surface area contributed by atoms with Crippen LogP contribution >= 0.6 is 15.9 Å². The number of benzene rings is 2. The van der Waals surface area contributed by atoms with Gasteiger partial charge >= 0.3 is 5.97 Å². The molecule has 0 heterocycles. The fourth-order valence-corrected chi connectivity index (χ4v) is 2.59. The minimum Gasteiger partial charge on any atom is -0.495 e. The molecule has 0 spiro atoms. The molecule has 0 aliphatic rings. The molecule has 2 N–H and O–H groups in total. The molecule has 27 heavy (non-hydrogen) atoms. The summed E-state index contributed by atoms with van der Waals surface area (Å²) in [6.45, 7) is 1.07. The van der Waals surface area contributed by atoms with Gasteiger partial charge in [0.25, 0.3) is 11.8 Å². The third kappa shape index (κ3) is 6.41. The van der Waals surface area contributed by atoms with Gasteiger partial charge in [-0.3, -0.25) is 14.4 Å². The van der Waals surface area contributed by atoms with Gasteiger partial charge in [0.05, 0.1) is 12.8 Å². The Balaban J connectivity index is 1.79. The van der Waals surface area contributed by atoms with E-state index in [9.17, 15) is 14.4 Å². The quantitative estimate of drug-likeness (QED) is 0.653. The molecule has 0 saturated carbocycles. The maximum atomic E-state index is 12.0. The smallest absolute Gasteiger partial charge is 0.325 e. The summed E-state index contributed by atoms with van der Waals surface area (Å²) in [5.41, 5.74) is 1.83. The molecule has 2 aromatic rings. The Bertz CT molecular complexity index is 854. The SMILES string of the molecule is COc1ccc(C)cc1NC(=O)COC(=O)CNC(=O)c1cccc(Br)c1. The number of esters is 1. The third-order valence-corrected chi connectivity index (χ3v) is 3.97. The fraction of sp³-hybridized carbons (Fsp3) is 0.211. The van der Waals surface area contributed by atoms with Gasteiger partial charge in [-0.15, -0.1) is 0 Å². The number of nitrogens with one attached hydrogen (secondary N) is 2. The number of methoxy groups -OCH3 is 1. The molecule has 0 saturated heterocycles. The van der Waals surface area contributed by atoms with Crippen LogP contribution < -0.4 is 15.4 Å². The van der Waals surface area contributed by atoms with Crippen LogP contribution in [-0.4, -0.2) is 38.0 Å². The second-order valence-electron chi connectivity index (χ2n) is 5.61. The molecule has 0 fully saturated rings. The lowest BCUT2D eigenvalue weighted by Crippen LogP contribution is -2.32. The van der Waals surface area contributed by atoms with Gasteiger partial charge in [-0.05, 0) is 42.8 Å². The highest BCUT2D eigenvalue weighted by Gasteiger charge is 2.12. The summed E-state index contributed by atoms with van der Waals surface area (Å²) in [6.07, 6.45) is 0. The second kappa shape index (κ2) is 9.72. The first-order valence-corrected chi connectivity index (χ1v) is 8.82. The van der Waals surface area contributed by atoms with Gasteiger partial charge in [0.2, 0.25) is 0 Å². The number of carbonyl (C=O) groups is 3. The summed E-state index contributed by atoms with van der Waals surface area (Å²) in [4.78, 5) is 35.6. The Kier molecular flexibility index (Phi) is 7.36. The monoisotopic (exact) mass is 434 g/mol.